The summed E-state index contributed by atoms with van der Waals surface area (Å²) in [6.45, 7) is 2.05. The van der Waals surface area contributed by atoms with Gasteiger partial charge in [-0.3, -0.25) is 5.84 Å². The molecule has 0 aliphatic rings. The Morgan fingerprint density at radius 2 is 1.95 bits per heavy atom. The molecule has 0 amide bonds. The van der Waals surface area contributed by atoms with E-state index in [1.165, 1.54) is 5.56 Å². The van der Waals surface area contributed by atoms with Gasteiger partial charge in [0.15, 0.2) is 0 Å². The number of nitrogens with two attached hydrogens (primary N) is 1. The average Bonchev–Trinajstić information content (AvgIpc) is 2.92. The minimum Gasteiger partial charge on any atom is -0.459 e. The summed E-state index contributed by atoms with van der Waals surface area (Å²) >= 11 is 3.45. The number of furan rings is 1. The lowest BCUT2D eigenvalue weighted by atomic mass is 10.0. The third kappa shape index (κ3) is 3.02. The SMILES string of the molecule is Cc1cccc2cc(C(Cc3ccc(Br)cc3)NN)oc12. The largest absolute Gasteiger partial charge is 0.459 e. The molecule has 3 N–H and O–H groups in total. The fraction of sp³-hybridized carbons (Fsp3) is 0.176. The van der Waals surface area contributed by atoms with Crippen LogP contribution in [0.2, 0.25) is 0 Å². The zero-order chi connectivity index (χ0) is 14.8. The molecule has 0 aliphatic heterocycles. The van der Waals surface area contributed by atoms with Crippen LogP contribution in [0.5, 0.6) is 0 Å². The third-order valence-corrected chi connectivity index (χ3v) is 4.19. The van der Waals surface area contributed by atoms with Gasteiger partial charge in [-0.1, -0.05) is 46.3 Å². The van der Waals surface area contributed by atoms with Crippen LogP contribution in [0.4, 0.5) is 0 Å². The number of nitrogens with one attached hydrogen (secondary N) is 1. The first-order valence-electron chi connectivity index (χ1n) is 6.87. The van der Waals surface area contributed by atoms with Crippen LogP contribution in [0.15, 0.2) is 57.4 Å². The quantitative estimate of drug-likeness (QED) is 0.549. The second-order valence-electron chi connectivity index (χ2n) is 5.19. The molecule has 3 aromatic rings. The topological polar surface area (TPSA) is 51.2 Å². The predicted octanol–water partition coefficient (Wildman–Crippen LogP) is 4.25. The van der Waals surface area contributed by atoms with Crippen LogP contribution in [0.25, 0.3) is 11.0 Å². The summed E-state index contributed by atoms with van der Waals surface area (Å²) in [4.78, 5) is 0. The van der Waals surface area contributed by atoms with E-state index in [4.69, 9.17) is 10.3 Å². The molecular weight excluding hydrogens is 328 g/mol. The predicted molar refractivity (Wildman–Crippen MR) is 88.9 cm³/mol. The Morgan fingerprint density at radius 1 is 1.19 bits per heavy atom. The monoisotopic (exact) mass is 344 g/mol. The molecule has 0 radical (unpaired) electrons. The number of hydrogen-bond acceptors (Lipinski definition) is 3. The smallest absolute Gasteiger partial charge is 0.137 e. The number of para-hydroxylation sites is 1. The van der Waals surface area contributed by atoms with Gasteiger partial charge in [0.1, 0.15) is 11.3 Å². The van der Waals surface area contributed by atoms with E-state index in [-0.39, 0.29) is 6.04 Å². The highest BCUT2D eigenvalue weighted by atomic mass is 79.9. The Kier molecular flexibility index (Phi) is 4.10. The Labute approximate surface area is 132 Å². The number of hydrogen-bond donors (Lipinski definition) is 2. The second-order valence-corrected chi connectivity index (χ2v) is 6.11. The van der Waals surface area contributed by atoms with E-state index in [0.717, 1.165) is 33.2 Å². The van der Waals surface area contributed by atoms with E-state index < -0.39 is 0 Å². The van der Waals surface area contributed by atoms with Gasteiger partial charge in [0, 0.05) is 9.86 Å². The molecule has 4 heteroatoms. The highest BCUT2D eigenvalue weighted by Gasteiger charge is 2.16. The van der Waals surface area contributed by atoms with Gasteiger partial charge in [-0.15, -0.1) is 0 Å². The van der Waals surface area contributed by atoms with Crippen LogP contribution >= 0.6 is 15.9 Å². The Bertz CT molecular complexity index is 749. The van der Waals surface area contributed by atoms with Crippen molar-refractivity contribution >= 4 is 26.9 Å². The maximum absolute atomic E-state index is 6.00. The minimum absolute atomic E-state index is 0.0435. The molecule has 3 rings (SSSR count). The summed E-state index contributed by atoms with van der Waals surface area (Å²) in [5.74, 6) is 6.59. The maximum Gasteiger partial charge on any atom is 0.137 e. The summed E-state index contributed by atoms with van der Waals surface area (Å²) in [6, 6.07) is 16.4. The van der Waals surface area contributed by atoms with Crippen molar-refractivity contribution in [2.75, 3.05) is 0 Å². The maximum atomic E-state index is 6.00. The molecule has 21 heavy (non-hydrogen) atoms. The van der Waals surface area contributed by atoms with E-state index in [9.17, 15) is 0 Å². The molecule has 0 bridgehead atoms. The minimum atomic E-state index is -0.0435. The number of aryl methyl sites for hydroxylation is 1. The first-order chi connectivity index (χ1) is 10.2. The van der Waals surface area contributed by atoms with Gasteiger partial charge >= 0.3 is 0 Å². The number of benzene rings is 2. The molecule has 1 aromatic heterocycles. The summed E-state index contributed by atoms with van der Waals surface area (Å²) in [5.41, 5.74) is 6.13. The van der Waals surface area contributed by atoms with E-state index in [0.29, 0.717) is 0 Å². The Hall–Kier alpha value is -1.62. The van der Waals surface area contributed by atoms with Gasteiger partial charge in [-0.05, 0) is 42.7 Å². The number of hydrazine groups is 1. The number of rotatable bonds is 4. The molecule has 3 nitrogen and oxygen atoms in total. The van der Waals surface area contributed by atoms with Crippen LogP contribution in [0, 0.1) is 6.92 Å². The molecule has 1 heterocycles. The van der Waals surface area contributed by atoms with Crippen molar-refractivity contribution in [1.29, 1.82) is 0 Å². The zero-order valence-corrected chi connectivity index (χ0v) is 13.4. The van der Waals surface area contributed by atoms with Crippen molar-refractivity contribution in [2.45, 2.75) is 19.4 Å². The summed E-state index contributed by atoms with van der Waals surface area (Å²) in [7, 11) is 0. The number of halogens is 1. The molecule has 0 aliphatic carbocycles. The first-order valence-corrected chi connectivity index (χ1v) is 7.66. The lowest BCUT2D eigenvalue weighted by molar-refractivity contribution is 0.434. The highest BCUT2D eigenvalue weighted by molar-refractivity contribution is 9.10. The van der Waals surface area contributed by atoms with Gasteiger partial charge in [0.25, 0.3) is 0 Å². The molecule has 1 unspecified atom stereocenters. The molecule has 2 aromatic carbocycles. The number of fused-ring (bicyclic) bond motifs is 1. The molecule has 1 atom stereocenters. The first kappa shape index (κ1) is 14.3. The van der Waals surface area contributed by atoms with E-state index in [1.807, 2.05) is 18.2 Å². The Balaban J connectivity index is 1.90. The molecule has 108 valence electrons. The summed E-state index contributed by atoms with van der Waals surface area (Å²) in [5, 5.41) is 1.11. The van der Waals surface area contributed by atoms with E-state index >= 15 is 0 Å². The Morgan fingerprint density at radius 3 is 2.62 bits per heavy atom. The molecule has 0 spiro atoms. The van der Waals surface area contributed by atoms with Gasteiger partial charge in [0.2, 0.25) is 0 Å². The van der Waals surface area contributed by atoms with E-state index in [1.54, 1.807) is 0 Å². The summed E-state index contributed by atoms with van der Waals surface area (Å²) < 4.78 is 7.07. The molecule has 0 fully saturated rings. The zero-order valence-electron chi connectivity index (χ0n) is 11.8. The fourth-order valence-electron chi connectivity index (χ4n) is 2.50. The van der Waals surface area contributed by atoms with Crippen LogP contribution < -0.4 is 11.3 Å². The van der Waals surface area contributed by atoms with Gasteiger partial charge in [0.05, 0.1) is 6.04 Å². The lowest BCUT2D eigenvalue weighted by Crippen LogP contribution is -2.29. The van der Waals surface area contributed by atoms with Crippen LogP contribution in [-0.2, 0) is 6.42 Å². The van der Waals surface area contributed by atoms with Crippen molar-refractivity contribution in [1.82, 2.24) is 5.43 Å². The fourth-order valence-corrected chi connectivity index (χ4v) is 2.76. The second kappa shape index (κ2) is 6.02. The lowest BCUT2D eigenvalue weighted by Gasteiger charge is -2.13. The van der Waals surface area contributed by atoms with Crippen molar-refractivity contribution in [3.05, 3.63) is 69.9 Å². The normalized spacial score (nSPS) is 12.7. The van der Waals surface area contributed by atoms with Gasteiger partial charge < -0.3 is 4.42 Å². The highest BCUT2D eigenvalue weighted by Crippen LogP contribution is 2.28. The average molecular weight is 345 g/mol. The van der Waals surface area contributed by atoms with Crippen LogP contribution in [-0.4, -0.2) is 0 Å². The standard InChI is InChI=1S/C17H17BrN2O/c1-11-3-2-4-13-10-16(21-17(11)13)15(20-19)9-12-5-7-14(18)8-6-12/h2-8,10,15,20H,9,19H2,1H3. The molecular formula is C17H17BrN2O. The molecule has 0 saturated carbocycles. The van der Waals surface area contributed by atoms with Gasteiger partial charge in [-0.25, -0.2) is 5.43 Å². The van der Waals surface area contributed by atoms with Crippen molar-refractivity contribution in [3.63, 3.8) is 0 Å². The van der Waals surface area contributed by atoms with Crippen LogP contribution in [0.1, 0.15) is 22.9 Å². The van der Waals surface area contributed by atoms with Gasteiger partial charge in [-0.2, -0.15) is 0 Å². The van der Waals surface area contributed by atoms with Crippen molar-refractivity contribution < 1.29 is 4.42 Å². The summed E-state index contributed by atoms with van der Waals surface area (Å²) in [6.07, 6.45) is 0.780. The van der Waals surface area contributed by atoms with E-state index in [2.05, 4.69) is 58.6 Å². The molecule has 0 saturated heterocycles. The van der Waals surface area contributed by atoms with Crippen molar-refractivity contribution in [2.24, 2.45) is 5.84 Å². The van der Waals surface area contributed by atoms with Crippen LogP contribution in [0.3, 0.4) is 0 Å². The third-order valence-electron chi connectivity index (χ3n) is 3.66. The van der Waals surface area contributed by atoms with Crippen molar-refractivity contribution in [3.8, 4) is 0 Å².